The number of hydrogen-bond acceptors (Lipinski definition) is 3. The predicted molar refractivity (Wildman–Crippen MR) is 70.8 cm³/mol. The van der Waals surface area contributed by atoms with Gasteiger partial charge in [0.2, 0.25) is 0 Å². The highest BCUT2D eigenvalue weighted by atomic mass is 32.1. The summed E-state index contributed by atoms with van der Waals surface area (Å²) in [5.74, 6) is 0. The molecular weight excluding hydrogens is 236 g/mol. The molecule has 0 N–H and O–H groups in total. The molecule has 3 rings (SSSR count). The van der Waals surface area contributed by atoms with Crippen molar-refractivity contribution in [3.63, 3.8) is 0 Å². The van der Waals surface area contributed by atoms with Crippen LogP contribution in [-0.2, 0) is 0 Å². The van der Waals surface area contributed by atoms with Gasteiger partial charge in [-0.1, -0.05) is 12.6 Å². The van der Waals surface area contributed by atoms with Crippen LogP contribution < -0.4 is 4.48 Å². The topological polar surface area (TPSA) is 43.1 Å². The van der Waals surface area contributed by atoms with Gasteiger partial charge in [0.15, 0.2) is 5.03 Å². The van der Waals surface area contributed by atoms with Crippen LogP contribution in [0.4, 0.5) is 11.4 Å². The van der Waals surface area contributed by atoms with E-state index in [0.717, 1.165) is 33.9 Å². The second kappa shape index (κ2) is 3.58. The normalized spacial score (nSPS) is 20.4. The zero-order valence-corrected chi connectivity index (χ0v) is 10.2. The van der Waals surface area contributed by atoms with E-state index in [1.165, 1.54) is 12.8 Å². The lowest BCUT2D eigenvalue weighted by Gasteiger charge is -2.29. The Morgan fingerprint density at radius 2 is 2.00 bits per heavy atom. The van der Waals surface area contributed by atoms with Crippen LogP contribution in [-0.4, -0.2) is 18.0 Å². The van der Waals surface area contributed by atoms with Gasteiger partial charge in [0, 0.05) is 42.7 Å². The molecule has 1 saturated heterocycles. The van der Waals surface area contributed by atoms with E-state index >= 15 is 0 Å². The fraction of sp³-hybridized carbons (Fsp3) is 0.333. The summed E-state index contributed by atoms with van der Waals surface area (Å²) in [4.78, 5) is 10.4. The summed E-state index contributed by atoms with van der Waals surface area (Å²) in [5, 5.41) is 11.8. The van der Waals surface area contributed by atoms with Gasteiger partial charge in [-0.2, -0.15) is 0 Å². The number of nitrogens with zero attached hydrogens (tertiary/aromatic N) is 2. The number of nitro benzene ring substituents is 1. The molecule has 1 aromatic rings. The Morgan fingerprint density at radius 1 is 1.29 bits per heavy atom. The van der Waals surface area contributed by atoms with Crippen molar-refractivity contribution in [2.75, 3.05) is 13.1 Å². The van der Waals surface area contributed by atoms with Gasteiger partial charge in [-0.25, -0.2) is 0 Å². The van der Waals surface area contributed by atoms with Gasteiger partial charge in [0.1, 0.15) is 5.69 Å². The number of rotatable bonds is 1. The molecule has 0 aromatic heterocycles. The van der Waals surface area contributed by atoms with Crippen molar-refractivity contribution in [3.8, 4) is 0 Å². The van der Waals surface area contributed by atoms with Crippen molar-refractivity contribution < 1.29 is 4.92 Å². The number of thiol groups is 1. The Kier molecular flexibility index (Phi) is 2.27. The maximum Gasteiger partial charge on any atom is 0.270 e. The van der Waals surface area contributed by atoms with Gasteiger partial charge in [0.25, 0.3) is 5.69 Å². The Hall–Kier alpha value is -1.33. The number of fused-ring (bicyclic) bond motifs is 2. The highest BCUT2D eigenvalue weighted by Gasteiger charge is 2.43. The smallest absolute Gasteiger partial charge is 0.258 e. The average Bonchev–Trinajstić information content (AvgIpc) is 2.87. The first-order valence-electron chi connectivity index (χ1n) is 5.71. The molecule has 2 aliphatic heterocycles. The summed E-state index contributed by atoms with van der Waals surface area (Å²) < 4.78 is 0.788. The molecule has 1 fully saturated rings. The lowest BCUT2D eigenvalue weighted by molar-refractivity contribution is -0.384. The van der Waals surface area contributed by atoms with Crippen molar-refractivity contribution in [2.45, 2.75) is 12.8 Å². The number of benzene rings is 1. The third kappa shape index (κ3) is 1.42. The monoisotopic (exact) mass is 249 g/mol. The first-order chi connectivity index (χ1) is 8.13. The summed E-state index contributed by atoms with van der Waals surface area (Å²) in [6.07, 6.45) is 4.35. The molecule has 2 heterocycles. The lowest BCUT2D eigenvalue weighted by Crippen LogP contribution is -2.41. The van der Waals surface area contributed by atoms with Gasteiger partial charge >= 0.3 is 0 Å². The van der Waals surface area contributed by atoms with Crippen LogP contribution in [0.15, 0.2) is 23.2 Å². The SMILES string of the molecule is O=[N+]([O-])c1ccc2c(c1)C=C(S)[N+]21CCCC1. The molecule has 17 heavy (non-hydrogen) atoms. The predicted octanol–water partition coefficient (Wildman–Crippen LogP) is 2.94. The molecule has 5 heteroatoms. The molecule has 88 valence electrons. The minimum Gasteiger partial charge on any atom is -0.258 e. The Morgan fingerprint density at radius 3 is 2.65 bits per heavy atom. The van der Waals surface area contributed by atoms with Gasteiger partial charge in [-0.05, 0) is 0 Å². The fourth-order valence-electron chi connectivity index (χ4n) is 2.89. The highest BCUT2D eigenvalue weighted by Crippen LogP contribution is 2.45. The van der Waals surface area contributed by atoms with Crippen LogP contribution in [0.25, 0.3) is 6.08 Å². The third-order valence-corrected chi connectivity index (χ3v) is 4.25. The van der Waals surface area contributed by atoms with Gasteiger partial charge in [-0.15, -0.1) is 0 Å². The Balaban J connectivity index is 2.14. The number of non-ortho nitro benzene ring substituents is 1. The van der Waals surface area contributed by atoms with Crippen LogP contribution in [0.3, 0.4) is 0 Å². The minimum absolute atomic E-state index is 0.153. The van der Waals surface area contributed by atoms with Crippen molar-refractivity contribution >= 4 is 30.1 Å². The van der Waals surface area contributed by atoms with Crippen molar-refractivity contribution in [2.24, 2.45) is 0 Å². The van der Waals surface area contributed by atoms with E-state index in [-0.39, 0.29) is 10.6 Å². The molecule has 2 aliphatic rings. The largest absolute Gasteiger partial charge is 0.270 e. The molecule has 4 nitrogen and oxygen atoms in total. The van der Waals surface area contributed by atoms with E-state index in [0.29, 0.717) is 0 Å². The van der Waals surface area contributed by atoms with E-state index in [2.05, 4.69) is 12.6 Å². The van der Waals surface area contributed by atoms with Crippen LogP contribution in [0.5, 0.6) is 0 Å². The zero-order chi connectivity index (χ0) is 12.0. The molecular formula is C12H13N2O2S+. The Labute approximate surface area is 105 Å². The second-order valence-corrected chi connectivity index (χ2v) is 5.08. The summed E-state index contributed by atoms with van der Waals surface area (Å²) in [7, 11) is 0. The Bertz CT molecular complexity index is 533. The van der Waals surface area contributed by atoms with Crippen molar-refractivity contribution in [1.29, 1.82) is 0 Å². The standard InChI is InChI=1S/C12H12N2O2S/c15-13(16)10-3-4-11-9(7-10)8-12(17)14(11)5-1-2-6-14/h3-4,7-8H,1-2,5-6H2/p+1. The fourth-order valence-corrected chi connectivity index (χ4v) is 3.34. The average molecular weight is 249 g/mol. The van der Waals surface area contributed by atoms with E-state index in [4.69, 9.17) is 0 Å². The molecule has 0 radical (unpaired) electrons. The maximum atomic E-state index is 10.8. The van der Waals surface area contributed by atoms with Gasteiger partial charge in [0.05, 0.1) is 18.0 Å². The molecule has 0 unspecified atom stereocenters. The van der Waals surface area contributed by atoms with Crippen LogP contribution >= 0.6 is 12.6 Å². The van der Waals surface area contributed by atoms with E-state index < -0.39 is 0 Å². The van der Waals surface area contributed by atoms with Crippen LogP contribution in [0, 0.1) is 10.1 Å². The van der Waals surface area contributed by atoms with Crippen molar-refractivity contribution in [1.82, 2.24) is 4.48 Å². The first kappa shape index (κ1) is 10.8. The lowest BCUT2D eigenvalue weighted by atomic mass is 10.1. The number of quaternary nitrogens is 1. The second-order valence-electron chi connectivity index (χ2n) is 4.62. The quantitative estimate of drug-likeness (QED) is 0.360. The highest BCUT2D eigenvalue weighted by molar-refractivity contribution is 7.84. The van der Waals surface area contributed by atoms with Crippen LogP contribution in [0.2, 0.25) is 0 Å². The summed E-state index contributed by atoms with van der Waals surface area (Å²) >= 11 is 4.57. The number of hydrogen-bond donors (Lipinski definition) is 1. The molecule has 0 bridgehead atoms. The van der Waals surface area contributed by atoms with Gasteiger partial charge in [-0.3, -0.25) is 14.6 Å². The molecule has 0 aliphatic carbocycles. The maximum absolute atomic E-state index is 10.8. The summed E-state index contributed by atoms with van der Waals surface area (Å²) in [6.45, 7) is 2.11. The van der Waals surface area contributed by atoms with Crippen LogP contribution in [0.1, 0.15) is 18.4 Å². The van der Waals surface area contributed by atoms with Crippen molar-refractivity contribution in [3.05, 3.63) is 38.9 Å². The molecule has 0 saturated carbocycles. The van der Waals surface area contributed by atoms with E-state index in [9.17, 15) is 10.1 Å². The minimum atomic E-state index is -0.348. The van der Waals surface area contributed by atoms with Gasteiger partial charge < -0.3 is 0 Å². The van der Waals surface area contributed by atoms with E-state index in [1.54, 1.807) is 12.1 Å². The molecule has 0 amide bonds. The number of nitro groups is 1. The first-order valence-corrected chi connectivity index (χ1v) is 6.15. The molecule has 1 aromatic carbocycles. The third-order valence-electron chi connectivity index (χ3n) is 3.74. The summed E-state index contributed by atoms with van der Waals surface area (Å²) in [5.41, 5.74) is 2.27. The zero-order valence-electron chi connectivity index (χ0n) is 9.30. The summed E-state index contributed by atoms with van der Waals surface area (Å²) in [6, 6.07) is 5.13. The van der Waals surface area contributed by atoms with E-state index in [1.807, 2.05) is 12.1 Å². The molecule has 1 spiro atoms. The molecule has 0 atom stereocenters.